The Labute approximate surface area is 512 Å². The van der Waals surface area contributed by atoms with Gasteiger partial charge in [-0.2, -0.15) is 46.7 Å². The third kappa shape index (κ3) is 18.8. The molecule has 32 heteroatoms. The smallest absolute Gasteiger partial charge is 0.303 e. The Morgan fingerprint density at radius 3 is 1.44 bits per heavy atom. The lowest BCUT2D eigenvalue weighted by Crippen LogP contribution is -2.33. The molecule has 0 bridgehead atoms. The summed E-state index contributed by atoms with van der Waals surface area (Å²) in [4.78, 5) is 10.1. The van der Waals surface area contributed by atoms with E-state index in [1.165, 1.54) is 18.2 Å². The fourth-order valence-electron chi connectivity index (χ4n) is 11.0. The van der Waals surface area contributed by atoms with Gasteiger partial charge in [-0.15, -0.1) is 0 Å². The molecular weight excluding hydrogens is 1260 g/mol. The zero-order chi connectivity index (χ0) is 64.7. The van der Waals surface area contributed by atoms with Gasteiger partial charge in [0.05, 0.1) is 100 Å². The first-order valence-corrected chi connectivity index (χ1v) is 35.3. The minimum absolute atomic E-state index is 0.000349. The quantitative estimate of drug-likeness (QED) is 0.0178. The molecule has 6 N–H and O–H groups in total. The van der Waals surface area contributed by atoms with E-state index in [2.05, 4.69) is 0 Å². The van der Waals surface area contributed by atoms with E-state index in [9.17, 15) is 74.8 Å². The predicted octanol–water partition coefficient (Wildman–Crippen LogP) is 5.65. The Balaban J connectivity index is 1.57. The number of unbranched alkanes of at least 4 members (excludes halogenated alkanes) is 2. The number of ether oxygens (including phenoxy) is 8. The molecule has 0 aromatic heterocycles. The van der Waals surface area contributed by atoms with Crippen LogP contribution in [0.4, 0.5) is 11.4 Å². The van der Waals surface area contributed by atoms with Crippen LogP contribution in [0.1, 0.15) is 69.9 Å². The van der Waals surface area contributed by atoms with Gasteiger partial charge in [0.1, 0.15) is 16.3 Å². The summed E-state index contributed by atoms with van der Waals surface area (Å²) in [7, 11) is -22.1. The maximum absolute atomic E-state index is 13.1. The van der Waals surface area contributed by atoms with Gasteiger partial charge in [-0.3, -0.25) is 27.6 Å². The maximum Gasteiger partial charge on any atom is 0.303 e. The second-order valence-corrected chi connectivity index (χ2v) is 28.3. The number of hydrogen-bond acceptors (Lipinski definition) is 20. The number of nitrogens with zero attached hydrogens (tertiary/aromatic N) is 2. The van der Waals surface area contributed by atoms with Crippen molar-refractivity contribution < 1.29 is 117 Å². The zero-order valence-corrected chi connectivity index (χ0v) is 53.3. The van der Waals surface area contributed by atoms with E-state index in [0.717, 1.165) is 12.1 Å². The molecule has 4 aromatic rings. The van der Waals surface area contributed by atoms with Crippen molar-refractivity contribution in [2.24, 2.45) is 0 Å². The molecule has 0 saturated heterocycles. The molecule has 0 fully saturated rings. The molecule has 490 valence electrons. The minimum atomic E-state index is -5.20. The van der Waals surface area contributed by atoms with Crippen LogP contribution in [0.3, 0.4) is 0 Å². The van der Waals surface area contributed by atoms with Crippen molar-refractivity contribution in [1.29, 1.82) is 0 Å². The van der Waals surface area contributed by atoms with Gasteiger partial charge < -0.3 is 47.9 Å². The molecule has 0 aliphatic carbocycles. The molecule has 2 atom stereocenters. The van der Waals surface area contributed by atoms with Gasteiger partial charge in [-0.25, -0.2) is 0 Å². The molecule has 0 amide bonds. The summed E-state index contributed by atoms with van der Waals surface area (Å²) in [5.41, 5.74) is -0.437. The number of benzene rings is 4. The number of rotatable bonds is 40. The van der Waals surface area contributed by atoms with Crippen molar-refractivity contribution >= 4 is 95.2 Å². The summed E-state index contributed by atoms with van der Waals surface area (Å²) in [5, 5.41) is 9.20. The van der Waals surface area contributed by atoms with E-state index in [1.807, 2.05) is 4.90 Å². The highest BCUT2D eigenvalue weighted by molar-refractivity contribution is 7.87. The van der Waals surface area contributed by atoms with E-state index in [1.54, 1.807) is 56.9 Å². The lowest BCUT2D eigenvalue weighted by molar-refractivity contribution is -0.437. The molecule has 6 rings (SSSR count). The van der Waals surface area contributed by atoms with Gasteiger partial charge in [0.15, 0.2) is 5.71 Å². The average molecular weight is 1340 g/mol. The normalized spacial score (nSPS) is 18.0. The molecular formula is C56H77N2O25S5+. The summed E-state index contributed by atoms with van der Waals surface area (Å²) >= 11 is 0. The van der Waals surface area contributed by atoms with Crippen molar-refractivity contribution in [2.45, 2.75) is 89.2 Å². The summed E-state index contributed by atoms with van der Waals surface area (Å²) < 4.78 is 226. The fourth-order valence-corrected chi connectivity index (χ4v) is 14.2. The predicted molar refractivity (Wildman–Crippen MR) is 321 cm³/mol. The van der Waals surface area contributed by atoms with Crippen LogP contribution in [-0.4, -0.2) is 212 Å². The summed E-state index contributed by atoms with van der Waals surface area (Å²) in [5.74, 6) is -1.72. The fraction of sp³-hybridized carbons (Fsp3) is 0.536. The third-order valence-corrected chi connectivity index (χ3v) is 19.3. The monoisotopic (exact) mass is 1340 g/mol. The second kappa shape index (κ2) is 31.4. The van der Waals surface area contributed by atoms with E-state index in [0.29, 0.717) is 92.8 Å². The largest absolute Gasteiger partial charge is 0.481 e. The van der Waals surface area contributed by atoms with Crippen LogP contribution in [-0.2, 0) is 104 Å². The molecule has 2 aliphatic heterocycles. The van der Waals surface area contributed by atoms with E-state index in [4.69, 9.17) is 37.9 Å². The number of carboxylic acid groups (broad SMARTS) is 1. The number of aliphatic carboxylic acids is 1. The Morgan fingerprint density at radius 1 is 0.534 bits per heavy atom. The number of allylic oxidation sites excluding steroid dienone is 4. The molecule has 2 unspecified atom stereocenters. The van der Waals surface area contributed by atoms with Crippen LogP contribution >= 0.6 is 0 Å². The number of carbonyl (C=O) groups is 1. The SMILES string of the molecule is COCCOCCOCCOCCC1(C)C(/C=C/C=C2/N(CCCCCC(=O)O)c3ccc4c(S(=O)(=O)O)cc(S(=O)(=O)O)cc4c3C2(C)CCOCCOCCOCCOC)=[N+](CCCS(=O)(=O)O)c2ccc3c(S(=O)(=O)O)cc(S(=O)(=O)O)cc3c21. The number of hydrogen-bond donors (Lipinski definition) is 6. The standard InChI is InChI=1S/C56H76N2O25S5/c1-55(17-21-78-27-29-82-33-31-80-25-23-76-3)50(57(19-7-5-6-12-52(59)60)46-15-13-42-44(53(46)55)36-40(85(64,65)66)38-48(42)87(70,71)72)10-8-11-51-56(2,18-22-79-28-30-83-34-32-81-26-24-77-4)54-45-37-41(86(67,68)69)39-49(88(73,74)75)43(45)14-16-47(54)58(51)20-9-35-84(61,62)63/h8,10-11,13-16,36-39H,5-7,9,12,17-35H2,1-4H3,(H5-,59,60,61,62,63,64,65,66,67,68,69,70,71,72,73,74,75)/p+1. The van der Waals surface area contributed by atoms with Crippen molar-refractivity contribution in [3.8, 4) is 0 Å². The Kier molecular flexibility index (Phi) is 25.7. The van der Waals surface area contributed by atoms with E-state index < -0.39 is 92.7 Å². The van der Waals surface area contributed by atoms with Crippen LogP contribution in [0.2, 0.25) is 0 Å². The van der Waals surface area contributed by atoms with Gasteiger partial charge in [0.2, 0.25) is 5.69 Å². The number of carboxylic acids is 1. The van der Waals surface area contributed by atoms with Gasteiger partial charge >= 0.3 is 5.97 Å². The van der Waals surface area contributed by atoms with Gasteiger partial charge in [0, 0.05) is 92.1 Å². The first-order chi connectivity index (χ1) is 41.4. The third-order valence-electron chi connectivity index (χ3n) is 15.1. The zero-order valence-electron chi connectivity index (χ0n) is 49.2. The summed E-state index contributed by atoms with van der Waals surface area (Å²) in [6, 6.07) is 9.20. The Morgan fingerprint density at radius 2 is 0.989 bits per heavy atom. The molecule has 2 heterocycles. The Hall–Kier alpha value is -4.95. The van der Waals surface area contributed by atoms with Crippen molar-refractivity contribution in [3.63, 3.8) is 0 Å². The summed E-state index contributed by atoms with van der Waals surface area (Å²) in [6.45, 7) is 6.59. The second-order valence-electron chi connectivity index (χ2n) is 21.1. The number of anilines is 1. The van der Waals surface area contributed by atoms with Crippen molar-refractivity contribution in [3.05, 3.63) is 83.6 Å². The van der Waals surface area contributed by atoms with Gasteiger partial charge in [0.25, 0.3) is 50.6 Å². The van der Waals surface area contributed by atoms with Crippen molar-refractivity contribution in [1.82, 2.24) is 0 Å². The van der Waals surface area contributed by atoms with Crippen molar-refractivity contribution in [2.75, 3.05) is 130 Å². The molecule has 88 heavy (non-hydrogen) atoms. The lowest BCUT2D eigenvalue weighted by atomic mass is 9.74. The molecule has 0 radical (unpaired) electrons. The number of fused-ring (bicyclic) bond motifs is 6. The minimum Gasteiger partial charge on any atom is -0.481 e. The number of methoxy groups -OCH3 is 2. The van der Waals surface area contributed by atoms with E-state index in [-0.39, 0.29) is 125 Å². The van der Waals surface area contributed by atoms with Crippen LogP contribution in [0.25, 0.3) is 21.5 Å². The summed E-state index contributed by atoms with van der Waals surface area (Å²) in [6.07, 6.45) is 5.93. The highest BCUT2D eigenvalue weighted by Gasteiger charge is 2.50. The molecule has 2 aliphatic rings. The molecule has 0 spiro atoms. The van der Waals surface area contributed by atoms with Crippen LogP contribution in [0, 0.1) is 0 Å². The van der Waals surface area contributed by atoms with E-state index >= 15 is 0 Å². The van der Waals surface area contributed by atoms with Gasteiger partial charge in [-0.1, -0.05) is 18.6 Å². The molecule has 0 saturated carbocycles. The highest BCUT2D eigenvalue weighted by Crippen LogP contribution is 2.54. The average Bonchev–Trinajstić information content (AvgIpc) is 1.52. The maximum atomic E-state index is 13.1. The first kappa shape index (κ1) is 72.1. The topological polar surface area (TPSA) is 389 Å². The molecule has 27 nitrogen and oxygen atoms in total. The van der Waals surface area contributed by atoms with Crippen LogP contribution in [0.5, 0.6) is 0 Å². The first-order valence-electron chi connectivity index (χ1n) is 27.9. The van der Waals surface area contributed by atoms with Crippen LogP contribution < -0.4 is 4.90 Å². The highest BCUT2D eigenvalue weighted by atomic mass is 32.2. The molecule has 4 aromatic carbocycles. The van der Waals surface area contributed by atoms with Crippen LogP contribution in [0.15, 0.2) is 92.0 Å². The Bertz CT molecular complexity index is 3820. The lowest BCUT2D eigenvalue weighted by Gasteiger charge is -2.31. The van der Waals surface area contributed by atoms with Gasteiger partial charge in [-0.05, 0) is 98.3 Å².